The van der Waals surface area contributed by atoms with Crippen molar-refractivity contribution in [1.29, 1.82) is 0 Å². The minimum absolute atomic E-state index is 0.0108. The lowest BCUT2D eigenvalue weighted by molar-refractivity contribution is -0.141. The molecule has 0 aliphatic heterocycles. The zero-order valence-electron chi connectivity index (χ0n) is 14.5. The van der Waals surface area contributed by atoms with Crippen LogP contribution in [0.5, 0.6) is 5.75 Å². The van der Waals surface area contributed by atoms with Crippen molar-refractivity contribution in [3.8, 4) is 5.75 Å². The minimum Gasteiger partial charge on any atom is -0.497 e. The van der Waals surface area contributed by atoms with Gasteiger partial charge in [0.15, 0.2) is 5.69 Å². The lowest BCUT2D eigenvalue weighted by Crippen LogP contribution is -2.30. The van der Waals surface area contributed by atoms with Crippen LogP contribution in [-0.4, -0.2) is 36.3 Å². The molecule has 1 amide bonds. The van der Waals surface area contributed by atoms with E-state index in [0.717, 1.165) is 16.5 Å². The first-order valence-corrected chi connectivity index (χ1v) is 8.07. The number of methoxy groups -OCH3 is 2. The highest BCUT2D eigenvalue weighted by Crippen LogP contribution is 2.22. The number of amides is 1. The molecule has 2 N–H and O–H groups in total. The maximum absolute atomic E-state index is 12.7. The van der Waals surface area contributed by atoms with Gasteiger partial charge < -0.3 is 14.8 Å². The molecule has 0 fully saturated rings. The normalized spacial score (nSPS) is 11.8. The Balaban J connectivity index is 1.86. The largest absolute Gasteiger partial charge is 0.497 e. The van der Waals surface area contributed by atoms with E-state index in [4.69, 9.17) is 9.47 Å². The van der Waals surface area contributed by atoms with Gasteiger partial charge in [-0.05, 0) is 23.8 Å². The Labute approximate surface area is 150 Å². The highest BCUT2D eigenvalue weighted by molar-refractivity contribution is 6.04. The quantitative estimate of drug-likeness (QED) is 0.665. The molecule has 7 heteroatoms. The molecule has 1 unspecified atom stereocenters. The van der Waals surface area contributed by atoms with E-state index in [2.05, 4.69) is 15.5 Å². The van der Waals surface area contributed by atoms with Crippen molar-refractivity contribution in [3.05, 3.63) is 59.8 Å². The van der Waals surface area contributed by atoms with Gasteiger partial charge in [0.05, 0.1) is 32.2 Å². The van der Waals surface area contributed by atoms with Crippen molar-refractivity contribution in [2.24, 2.45) is 0 Å². The average molecular weight is 353 g/mol. The fourth-order valence-corrected chi connectivity index (χ4v) is 2.70. The van der Waals surface area contributed by atoms with Gasteiger partial charge in [0.1, 0.15) is 5.75 Å². The SMILES string of the molecule is COC(=O)CC(NC(=O)c1n[nH]c2ccccc12)c1ccc(OC)cc1. The highest BCUT2D eigenvalue weighted by atomic mass is 16.5. The summed E-state index contributed by atoms with van der Waals surface area (Å²) in [5.74, 6) is -0.0969. The van der Waals surface area contributed by atoms with Gasteiger partial charge in [-0.2, -0.15) is 5.10 Å². The molecule has 2 aromatic carbocycles. The van der Waals surface area contributed by atoms with Crippen molar-refractivity contribution in [1.82, 2.24) is 15.5 Å². The molecule has 1 aromatic heterocycles. The highest BCUT2D eigenvalue weighted by Gasteiger charge is 2.22. The van der Waals surface area contributed by atoms with Crippen molar-refractivity contribution in [2.45, 2.75) is 12.5 Å². The maximum atomic E-state index is 12.7. The van der Waals surface area contributed by atoms with E-state index in [1.807, 2.05) is 24.3 Å². The fourth-order valence-electron chi connectivity index (χ4n) is 2.70. The molecule has 0 saturated carbocycles. The molecule has 0 radical (unpaired) electrons. The Morgan fingerprint density at radius 3 is 2.54 bits per heavy atom. The van der Waals surface area contributed by atoms with Crippen LogP contribution in [0.2, 0.25) is 0 Å². The number of ether oxygens (including phenoxy) is 2. The Kier molecular flexibility index (Phi) is 5.17. The third kappa shape index (κ3) is 3.66. The molecule has 3 aromatic rings. The molecule has 134 valence electrons. The summed E-state index contributed by atoms with van der Waals surface area (Å²) in [5.41, 5.74) is 1.82. The van der Waals surface area contributed by atoms with Crippen molar-refractivity contribution < 1.29 is 19.1 Å². The summed E-state index contributed by atoms with van der Waals surface area (Å²) in [5, 5.41) is 10.5. The van der Waals surface area contributed by atoms with Gasteiger partial charge >= 0.3 is 5.97 Å². The molecule has 0 bridgehead atoms. The van der Waals surface area contributed by atoms with E-state index >= 15 is 0 Å². The van der Waals surface area contributed by atoms with E-state index in [1.165, 1.54) is 7.11 Å². The third-order valence-corrected chi connectivity index (χ3v) is 4.11. The number of para-hydroxylation sites is 1. The molecule has 26 heavy (non-hydrogen) atoms. The predicted molar refractivity (Wildman–Crippen MR) is 95.9 cm³/mol. The third-order valence-electron chi connectivity index (χ3n) is 4.11. The first-order chi connectivity index (χ1) is 12.6. The summed E-state index contributed by atoms with van der Waals surface area (Å²) in [6.45, 7) is 0. The number of rotatable bonds is 6. The smallest absolute Gasteiger partial charge is 0.307 e. The van der Waals surface area contributed by atoms with Gasteiger partial charge in [-0.15, -0.1) is 0 Å². The summed E-state index contributed by atoms with van der Waals surface area (Å²) >= 11 is 0. The number of nitrogens with one attached hydrogen (secondary N) is 2. The first-order valence-electron chi connectivity index (χ1n) is 8.07. The topological polar surface area (TPSA) is 93.3 Å². The van der Waals surface area contributed by atoms with Crippen LogP contribution in [0.1, 0.15) is 28.5 Å². The number of fused-ring (bicyclic) bond motifs is 1. The van der Waals surface area contributed by atoms with Gasteiger partial charge in [-0.3, -0.25) is 14.7 Å². The lowest BCUT2D eigenvalue weighted by Gasteiger charge is -2.18. The Bertz CT molecular complexity index is 918. The zero-order valence-corrected chi connectivity index (χ0v) is 14.5. The van der Waals surface area contributed by atoms with Gasteiger partial charge in [0.2, 0.25) is 0 Å². The van der Waals surface area contributed by atoms with Gasteiger partial charge in [0, 0.05) is 5.39 Å². The van der Waals surface area contributed by atoms with E-state index in [-0.39, 0.29) is 18.0 Å². The fraction of sp³-hybridized carbons (Fsp3) is 0.211. The summed E-state index contributed by atoms with van der Waals surface area (Å²) < 4.78 is 9.90. The van der Waals surface area contributed by atoms with Crippen LogP contribution in [0, 0.1) is 0 Å². The van der Waals surface area contributed by atoms with Crippen LogP contribution in [0.4, 0.5) is 0 Å². The number of aromatic amines is 1. The van der Waals surface area contributed by atoms with Crippen LogP contribution in [-0.2, 0) is 9.53 Å². The molecule has 1 heterocycles. The second-order valence-electron chi connectivity index (χ2n) is 5.70. The van der Waals surface area contributed by atoms with Gasteiger partial charge in [0.25, 0.3) is 5.91 Å². The van der Waals surface area contributed by atoms with Gasteiger partial charge in [-0.1, -0.05) is 30.3 Å². The van der Waals surface area contributed by atoms with E-state index in [1.54, 1.807) is 31.4 Å². The summed E-state index contributed by atoms with van der Waals surface area (Å²) in [4.78, 5) is 24.5. The Morgan fingerprint density at radius 2 is 1.85 bits per heavy atom. The predicted octanol–water partition coefficient (Wildman–Crippen LogP) is 2.61. The second kappa shape index (κ2) is 7.69. The molecule has 0 spiro atoms. The summed E-state index contributed by atoms with van der Waals surface area (Å²) in [7, 11) is 2.89. The Hall–Kier alpha value is -3.35. The summed E-state index contributed by atoms with van der Waals surface area (Å²) in [6.07, 6.45) is 0.0108. The van der Waals surface area contributed by atoms with E-state index in [0.29, 0.717) is 5.75 Å². The molecule has 1 atom stereocenters. The Morgan fingerprint density at radius 1 is 1.12 bits per heavy atom. The molecule has 7 nitrogen and oxygen atoms in total. The standard InChI is InChI=1S/C19H19N3O4/c1-25-13-9-7-12(8-10-13)16(11-17(23)26-2)20-19(24)18-14-5-3-4-6-15(14)21-22-18/h3-10,16H,11H2,1-2H3,(H,20,24)(H,21,22). The number of carbonyl (C=O) groups excluding carboxylic acids is 2. The molecule has 3 rings (SSSR count). The summed E-state index contributed by atoms with van der Waals surface area (Å²) in [6, 6.07) is 14.0. The number of hydrogen-bond acceptors (Lipinski definition) is 5. The number of hydrogen-bond donors (Lipinski definition) is 2. The molecule has 0 saturated heterocycles. The molecule has 0 aliphatic rings. The molecular weight excluding hydrogens is 334 g/mol. The van der Waals surface area contributed by atoms with Crippen molar-refractivity contribution in [2.75, 3.05) is 14.2 Å². The van der Waals surface area contributed by atoms with Crippen LogP contribution in [0.3, 0.4) is 0 Å². The maximum Gasteiger partial charge on any atom is 0.307 e. The number of benzene rings is 2. The average Bonchev–Trinajstić information content (AvgIpc) is 3.11. The second-order valence-corrected chi connectivity index (χ2v) is 5.70. The van der Waals surface area contributed by atoms with Crippen LogP contribution >= 0.6 is 0 Å². The number of carbonyl (C=O) groups is 2. The van der Waals surface area contributed by atoms with Crippen LogP contribution in [0.25, 0.3) is 10.9 Å². The monoisotopic (exact) mass is 353 g/mol. The number of H-pyrrole nitrogens is 1. The number of nitrogens with zero attached hydrogens (tertiary/aromatic N) is 1. The minimum atomic E-state index is -0.545. The number of esters is 1. The van der Waals surface area contributed by atoms with Crippen molar-refractivity contribution >= 4 is 22.8 Å². The zero-order chi connectivity index (χ0) is 18.5. The van der Waals surface area contributed by atoms with Crippen LogP contribution in [0.15, 0.2) is 48.5 Å². The van der Waals surface area contributed by atoms with Crippen LogP contribution < -0.4 is 10.1 Å². The number of aromatic nitrogens is 2. The van der Waals surface area contributed by atoms with E-state index in [9.17, 15) is 9.59 Å². The van der Waals surface area contributed by atoms with Crippen molar-refractivity contribution in [3.63, 3.8) is 0 Å². The van der Waals surface area contributed by atoms with Gasteiger partial charge in [-0.25, -0.2) is 0 Å². The first kappa shape index (κ1) is 17.5. The molecule has 0 aliphatic carbocycles. The molecular formula is C19H19N3O4. The van der Waals surface area contributed by atoms with E-state index < -0.39 is 12.0 Å². The lowest BCUT2D eigenvalue weighted by atomic mass is 10.0.